The molecule has 0 amide bonds. The number of alkyl halides is 3. The van der Waals surface area contributed by atoms with E-state index in [1.165, 1.54) is 24.3 Å². The maximum atomic E-state index is 12.0. The van der Waals surface area contributed by atoms with E-state index in [1.807, 2.05) is 18.9 Å². The van der Waals surface area contributed by atoms with E-state index in [9.17, 15) is 18.3 Å². The molecule has 4 nitrogen and oxygen atoms in total. The Labute approximate surface area is 122 Å². The third-order valence-corrected chi connectivity index (χ3v) is 3.12. The van der Waals surface area contributed by atoms with Crippen LogP contribution in [0.3, 0.4) is 0 Å². The van der Waals surface area contributed by atoms with Crippen molar-refractivity contribution in [1.82, 2.24) is 4.90 Å². The number of benzene rings is 1. The van der Waals surface area contributed by atoms with Crippen LogP contribution >= 0.6 is 0 Å². The summed E-state index contributed by atoms with van der Waals surface area (Å²) in [5.41, 5.74) is 0.529. The molecular formula is C14H20F3NO3. The number of likely N-dealkylation sites (N-methyl/N-ethyl adjacent to an activating group) is 1. The zero-order valence-corrected chi connectivity index (χ0v) is 12.2. The normalized spacial score (nSPS) is 15.0. The molecule has 0 bridgehead atoms. The van der Waals surface area contributed by atoms with E-state index in [4.69, 9.17) is 4.74 Å². The summed E-state index contributed by atoms with van der Waals surface area (Å²) in [4.78, 5) is 1.91. The highest BCUT2D eigenvalue weighted by molar-refractivity contribution is 5.28. The molecule has 0 spiro atoms. The van der Waals surface area contributed by atoms with Gasteiger partial charge in [-0.25, -0.2) is 0 Å². The largest absolute Gasteiger partial charge is 0.573 e. The van der Waals surface area contributed by atoms with E-state index in [-0.39, 0.29) is 11.8 Å². The van der Waals surface area contributed by atoms with Crippen LogP contribution in [0.15, 0.2) is 24.3 Å². The highest BCUT2D eigenvalue weighted by Crippen LogP contribution is 2.24. The minimum Gasteiger partial charge on any atom is -0.406 e. The van der Waals surface area contributed by atoms with Crippen molar-refractivity contribution < 1.29 is 27.8 Å². The number of aliphatic hydroxyl groups excluding tert-OH is 1. The summed E-state index contributed by atoms with van der Waals surface area (Å²) in [6, 6.07) is 5.33. The number of ether oxygens (including phenoxy) is 2. The van der Waals surface area contributed by atoms with Gasteiger partial charge in [0.15, 0.2) is 0 Å². The number of aliphatic hydroxyl groups is 1. The molecule has 1 N–H and O–H groups in total. The van der Waals surface area contributed by atoms with Crippen LogP contribution in [0.25, 0.3) is 0 Å². The van der Waals surface area contributed by atoms with Gasteiger partial charge in [0.2, 0.25) is 0 Å². The molecule has 2 unspecified atom stereocenters. The maximum Gasteiger partial charge on any atom is 0.573 e. The van der Waals surface area contributed by atoms with Gasteiger partial charge in [-0.15, -0.1) is 13.2 Å². The molecule has 21 heavy (non-hydrogen) atoms. The van der Waals surface area contributed by atoms with Gasteiger partial charge in [0, 0.05) is 19.7 Å². The molecule has 1 aromatic carbocycles. The fraction of sp³-hybridized carbons (Fsp3) is 0.571. The molecule has 0 heterocycles. The van der Waals surface area contributed by atoms with E-state index >= 15 is 0 Å². The van der Waals surface area contributed by atoms with Crippen LogP contribution in [-0.4, -0.2) is 49.7 Å². The number of rotatable bonds is 7. The lowest BCUT2D eigenvalue weighted by Gasteiger charge is -2.26. The molecule has 0 aliphatic heterocycles. The number of halogens is 3. The second kappa shape index (κ2) is 7.63. The van der Waals surface area contributed by atoms with Crippen molar-refractivity contribution in [1.29, 1.82) is 0 Å². The first-order valence-corrected chi connectivity index (χ1v) is 6.46. The number of hydrogen-bond donors (Lipinski definition) is 1. The van der Waals surface area contributed by atoms with Crippen molar-refractivity contribution in [2.45, 2.75) is 25.4 Å². The van der Waals surface area contributed by atoms with Crippen molar-refractivity contribution in [3.63, 3.8) is 0 Å². The second-order valence-corrected chi connectivity index (χ2v) is 4.88. The van der Waals surface area contributed by atoms with E-state index in [2.05, 4.69) is 4.74 Å². The predicted molar refractivity (Wildman–Crippen MR) is 72.1 cm³/mol. The van der Waals surface area contributed by atoms with Gasteiger partial charge in [-0.2, -0.15) is 0 Å². The summed E-state index contributed by atoms with van der Waals surface area (Å²) < 4.78 is 44.9. The van der Waals surface area contributed by atoms with Crippen LogP contribution in [0, 0.1) is 0 Å². The maximum absolute atomic E-state index is 12.0. The SMILES string of the molecule is COCC(C)N(C)CC(O)c1ccc(OC(F)(F)F)cc1. The van der Waals surface area contributed by atoms with E-state index in [0.29, 0.717) is 18.7 Å². The Morgan fingerprint density at radius 3 is 2.29 bits per heavy atom. The van der Waals surface area contributed by atoms with Crippen molar-refractivity contribution in [3.8, 4) is 5.75 Å². The van der Waals surface area contributed by atoms with Gasteiger partial charge in [-0.05, 0) is 31.7 Å². The minimum absolute atomic E-state index is 0.123. The Morgan fingerprint density at radius 2 is 1.81 bits per heavy atom. The van der Waals surface area contributed by atoms with Crippen molar-refractivity contribution >= 4 is 0 Å². The molecule has 0 aliphatic rings. The minimum atomic E-state index is -4.71. The molecule has 1 rings (SSSR count). The summed E-state index contributed by atoms with van der Waals surface area (Å²) in [5.74, 6) is -0.306. The first-order chi connectivity index (χ1) is 9.73. The zero-order chi connectivity index (χ0) is 16.0. The third-order valence-electron chi connectivity index (χ3n) is 3.12. The quantitative estimate of drug-likeness (QED) is 0.841. The van der Waals surface area contributed by atoms with Crippen LogP contribution in [0.2, 0.25) is 0 Å². The van der Waals surface area contributed by atoms with Gasteiger partial charge in [-0.1, -0.05) is 12.1 Å². The Morgan fingerprint density at radius 1 is 1.24 bits per heavy atom. The fourth-order valence-electron chi connectivity index (χ4n) is 1.82. The summed E-state index contributed by atoms with van der Waals surface area (Å²) in [6.45, 7) is 2.84. The molecule has 0 aromatic heterocycles. The Hall–Kier alpha value is -1.31. The van der Waals surface area contributed by atoms with E-state index < -0.39 is 12.5 Å². The van der Waals surface area contributed by atoms with Crippen LogP contribution in [-0.2, 0) is 4.74 Å². The molecule has 2 atom stereocenters. The molecular weight excluding hydrogens is 287 g/mol. The second-order valence-electron chi connectivity index (χ2n) is 4.88. The van der Waals surface area contributed by atoms with Gasteiger partial charge in [0.25, 0.3) is 0 Å². The highest BCUT2D eigenvalue weighted by atomic mass is 19.4. The predicted octanol–water partition coefficient (Wildman–Crippen LogP) is 2.59. The Balaban J connectivity index is 2.60. The molecule has 0 fully saturated rings. The van der Waals surface area contributed by atoms with Crippen LogP contribution in [0.4, 0.5) is 13.2 Å². The van der Waals surface area contributed by atoms with Crippen molar-refractivity contribution in [3.05, 3.63) is 29.8 Å². The van der Waals surface area contributed by atoms with E-state index in [0.717, 1.165) is 0 Å². The molecule has 0 radical (unpaired) electrons. The summed E-state index contributed by atoms with van der Waals surface area (Å²) in [7, 11) is 3.44. The van der Waals surface area contributed by atoms with Gasteiger partial charge in [0.05, 0.1) is 12.7 Å². The number of hydrogen-bond acceptors (Lipinski definition) is 4. The lowest BCUT2D eigenvalue weighted by Crippen LogP contribution is -2.35. The average molecular weight is 307 g/mol. The van der Waals surface area contributed by atoms with Gasteiger partial charge < -0.3 is 14.6 Å². The van der Waals surface area contributed by atoms with Gasteiger partial charge >= 0.3 is 6.36 Å². The smallest absolute Gasteiger partial charge is 0.406 e. The Bertz CT molecular complexity index is 422. The first-order valence-electron chi connectivity index (χ1n) is 6.46. The summed E-state index contributed by atoms with van der Waals surface area (Å²) in [5, 5.41) is 10.1. The average Bonchev–Trinajstić information content (AvgIpc) is 2.37. The highest BCUT2D eigenvalue weighted by Gasteiger charge is 2.31. The molecule has 0 saturated carbocycles. The van der Waals surface area contributed by atoms with Gasteiger partial charge in [-0.3, -0.25) is 4.90 Å². The van der Waals surface area contributed by atoms with Crippen LogP contribution < -0.4 is 4.74 Å². The van der Waals surface area contributed by atoms with Gasteiger partial charge in [0.1, 0.15) is 5.75 Å². The number of methoxy groups -OCH3 is 1. The zero-order valence-electron chi connectivity index (χ0n) is 12.2. The van der Waals surface area contributed by atoms with Crippen LogP contribution in [0.5, 0.6) is 5.75 Å². The molecule has 0 saturated heterocycles. The van der Waals surface area contributed by atoms with Crippen LogP contribution in [0.1, 0.15) is 18.6 Å². The van der Waals surface area contributed by atoms with Crippen molar-refractivity contribution in [2.75, 3.05) is 27.3 Å². The number of nitrogens with zero attached hydrogens (tertiary/aromatic N) is 1. The third kappa shape index (κ3) is 6.33. The summed E-state index contributed by atoms with van der Waals surface area (Å²) in [6.07, 6.45) is -5.51. The molecule has 120 valence electrons. The lowest BCUT2D eigenvalue weighted by molar-refractivity contribution is -0.274. The lowest BCUT2D eigenvalue weighted by atomic mass is 10.1. The molecule has 0 aliphatic carbocycles. The first kappa shape index (κ1) is 17.7. The molecule has 1 aromatic rings. The summed E-state index contributed by atoms with van der Waals surface area (Å²) >= 11 is 0. The molecule has 7 heteroatoms. The van der Waals surface area contributed by atoms with Crippen molar-refractivity contribution in [2.24, 2.45) is 0 Å². The monoisotopic (exact) mass is 307 g/mol. The standard InChI is InChI=1S/C14H20F3NO3/c1-10(9-20-3)18(2)8-13(19)11-4-6-12(7-5-11)21-14(15,16)17/h4-7,10,13,19H,8-9H2,1-3H3. The van der Waals surface area contributed by atoms with E-state index in [1.54, 1.807) is 7.11 Å². The Kier molecular flexibility index (Phi) is 6.44. The topological polar surface area (TPSA) is 41.9 Å². The fourth-order valence-corrected chi connectivity index (χ4v) is 1.82.